The van der Waals surface area contributed by atoms with E-state index in [9.17, 15) is 9.59 Å². The number of thiophene rings is 1. The Kier molecular flexibility index (Phi) is 6.43. The number of primary amides is 1. The molecule has 0 spiro atoms. The van der Waals surface area contributed by atoms with Crippen molar-refractivity contribution in [3.05, 3.63) is 38.3 Å². The minimum absolute atomic E-state index is 0.0969. The second kappa shape index (κ2) is 8.67. The summed E-state index contributed by atoms with van der Waals surface area (Å²) in [4.78, 5) is 26.6. The SMILES string of the molecule is CNCc1cn(CC(=O)NCc2sc3c(c2C(N)=O)CCCC3)nc1C(C)(C)C. The minimum Gasteiger partial charge on any atom is -0.366 e. The van der Waals surface area contributed by atoms with Gasteiger partial charge in [0, 0.05) is 33.5 Å². The summed E-state index contributed by atoms with van der Waals surface area (Å²) in [5, 5.41) is 10.7. The Hall–Kier alpha value is -2.19. The van der Waals surface area contributed by atoms with Crippen LogP contribution < -0.4 is 16.4 Å². The van der Waals surface area contributed by atoms with Crippen LogP contribution in [-0.2, 0) is 42.7 Å². The van der Waals surface area contributed by atoms with Gasteiger partial charge in [0.05, 0.1) is 17.8 Å². The van der Waals surface area contributed by atoms with Gasteiger partial charge < -0.3 is 16.4 Å². The van der Waals surface area contributed by atoms with E-state index >= 15 is 0 Å². The summed E-state index contributed by atoms with van der Waals surface area (Å²) in [6.07, 6.45) is 6.04. The van der Waals surface area contributed by atoms with E-state index in [-0.39, 0.29) is 17.9 Å². The van der Waals surface area contributed by atoms with Crippen molar-refractivity contribution in [3.8, 4) is 0 Å². The Morgan fingerprint density at radius 2 is 1.97 bits per heavy atom. The zero-order chi connectivity index (χ0) is 21.2. The van der Waals surface area contributed by atoms with Crippen LogP contribution in [0.1, 0.15) is 70.5 Å². The smallest absolute Gasteiger partial charge is 0.250 e. The zero-order valence-corrected chi connectivity index (χ0v) is 18.5. The van der Waals surface area contributed by atoms with E-state index in [2.05, 4.69) is 36.5 Å². The molecule has 4 N–H and O–H groups in total. The summed E-state index contributed by atoms with van der Waals surface area (Å²) in [5.74, 6) is -0.530. The van der Waals surface area contributed by atoms with Gasteiger partial charge in [-0.05, 0) is 38.3 Å². The molecule has 0 fully saturated rings. The van der Waals surface area contributed by atoms with Gasteiger partial charge in [-0.1, -0.05) is 20.8 Å². The summed E-state index contributed by atoms with van der Waals surface area (Å²) in [6, 6.07) is 0. The van der Waals surface area contributed by atoms with Gasteiger partial charge in [-0.25, -0.2) is 0 Å². The number of nitrogens with one attached hydrogen (secondary N) is 2. The monoisotopic (exact) mass is 417 g/mol. The second-order valence-corrected chi connectivity index (χ2v) is 9.82. The number of amides is 2. The van der Waals surface area contributed by atoms with Crippen molar-refractivity contribution in [2.24, 2.45) is 5.73 Å². The van der Waals surface area contributed by atoms with Crippen LogP contribution in [0.3, 0.4) is 0 Å². The Labute approximate surface area is 176 Å². The maximum absolute atomic E-state index is 12.5. The fraction of sp³-hybridized carbons (Fsp3) is 0.571. The van der Waals surface area contributed by atoms with Gasteiger partial charge in [0.2, 0.25) is 11.8 Å². The summed E-state index contributed by atoms with van der Waals surface area (Å²) < 4.78 is 1.69. The Balaban J connectivity index is 1.70. The molecule has 8 heteroatoms. The van der Waals surface area contributed by atoms with Crippen molar-refractivity contribution in [1.82, 2.24) is 20.4 Å². The summed E-state index contributed by atoms with van der Waals surface area (Å²) in [6.45, 7) is 7.51. The largest absolute Gasteiger partial charge is 0.366 e. The molecule has 2 aromatic rings. The van der Waals surface area contributed by atoms with Gasteiger partial charge in [-0.15, -0.1) is 11.3 Å². The zero-order valence-electron chi connectivity index (χ0n) is 17.7. The highest BCUT2D eigenvalue weighted by atomic mass is 32.1. The van der Waals surface area contributed by atoms with Gasteiger partial charge in [-0.2, -0.15) is 5.10 Å². The van der Waals surface area contributed by atoms with E-state index in [4.69, 9.17) is 5.73 Å². The molecule has 0 aliphatic heterocycles. The lowest BCUT2D eigenvalue weighted by Gasteiger charge is -2.17. The fourth-order valence-corrected chi connectivity index (χ4v) is 5.25. The first-order valence-corrected chi connectivity index (χ1v) is 10.9. The fourth-order valence-electron chi connectivity index (χ4n) is 3.91. The second-order valence-electron chi connectivity index (χ2n) is 8.63. The predicted octanol–water partition coefficient (Wildman–Crippen LogP) is 2.26. The van der Waals surface area contributed by atoms with Crippen LogP contribution in [0.25, 0.3) is 0 Å². The number of aryl methyl sites for hydroxylation is 1. The third-order valence-corrected chi connectivity index (χ3v) is 6.45. The molecule has 1 aliphatic rings. The Morgan fingerprint density at radius 1 is 1.24 bits per heavy atom. The van der Waals surface area contributed by atoms with Crippen molar-refractivity contribution < 1.29 is 9.59 Å². The van der Waals surface area contributed by atoms with E-state index in [1.807, 2.05) is 13.2 Å². The normalized spacial score (nSPS) is 13.9. The van der Waals surface area contributed by atoms with Gasteiger partial charge in [-0.3, -0.25) is 14.3 Å². The maximum atomic E-state index is 12.5. The number of carbonyl (C=O) groups is 2. The average Bonchev–Trinajstić information content (AvgIpc) is 3.21. The number of carbonyl (C=O) groups excluding carboxylic acids is 2. The molecule has 2 heterocycles. The molecule has 0 atom stereocenters. The molecule has 3 rings (SSSR count). The highest BCUT2D eigenvalue weighted by Gasteiger charge is 2.25. The standard InChI is InChI=1S/C21H31N5O2S/c1-21(2,3)19-13(9-23-4)11-26(25-19)12-17(27)24-10-16-18(20(22)28)14-7-5-6-8-15(14)29-16/h11,23H,5-10,12H2,1-4H3,(H2,22,28)(H,24,27). The predicted molar refractivity (Wildman–Crippen MR) is 115 cm³/mol. The summed E-state index contributed by atoms with van der Waals surface area (Å²) in [7, 11) is 1.90. The highest BCUT2D eigenvalue weighted by molar-refractivity contribution is 7.12. The first kappa shape index (κ1) is 21.5. The van der Waals surface area contributed by atoms with Crippen LogP contribution >= 0.6 is 11.3 Å². The van der Waals surface area contributed by atoms with Crippen LogP contribution in [0.4, 0.5) is 0 Å². The van der Waals surface area contributed by atoms with Gasteiger partial charge in [0.15, 0.2) is 0 Å². The maximum Gasteiger partial charge on any atom is 0.250 e. The molecule has 0 unspecified atom stereocenters. The van der Waals surface area contributed by atoms with E-state index in [1.165, 1.54) is 4.88 Å². The molecule has 7 nitrogen and oxygen atoms in total. The lowest BCUT2D eigenvalue weighted by molar-refractivity contribution is -0.122. The number of nitrogens with two attached hydrogens (primary N) is 1. The minimum atomic E-state index is -0.396. The molecular formula is C21H31N5O2S. The van der Waals surface area contributed by atoms with Crippen molar-refractivity contribution in [3.63, 3.8) is 0 Å². The quantitative estimate of drug-likeness (QED) is 0.643. The molecule has 2 amide bonds. The van der Waals surface area contributed by atoms with Crippen molar-refractivity contribution >= 4 is 23.2 Å². The lowest BCUT2D eigenvalue weighted by atomic mass is 9.89. The number of hydrogen-bond donors (Lipinski definition) is 3. The number of hydrogen-bond acceptors (Lipinski definition) is 5. The molecule has 0 bridgehead atoms. The Morgan fingerprint density at radius 3 is 2.62 bits per heavy atom. The number of nitrogens with zero attached hydrogens (tertiary/aromatic N) is 2. The molecule has 0 saturated carbocycles. The molecule has 1 aliphatic carbocycles. The Bertz CT molecular complexity index is 907. The van der Waals surface area contributed by atoms with Crippen molar-refractivity contribution in [2.75, 3.05) is 7.05 Å². The molecule has 2 aromatic heterocycles. The molecule has 0 radical (unpaired) electrons. The first-order chi connectivity index (χ1) is 13.7. The van der Waals surface area contributed by atoms with Crippen LogP contribution in [0.15, 0.2) is 6.20 Å². The third-order valence-electron chi connectivity index (χ3n) is 5.16. The van der Waals surface area contributed by atoms with E-state index in [0.29, 0.717) is 18.7 Å². The van der Waals surface area contributed by atoms with Crippen LogP contribution in [0.2, 0.25) is 0 Å². The number of rotatable bonds is 7. The van der Waals surface area contributed by atoms with Crippen LogP contribution in [-0.4, -0.2) is 28.6 Å². The van der Waals surface area contributed by atoms with Gasteiger partial charge in [0.1, 0.15) is 6.54 Å². The summed E-state index contributed by atoms with van der Waals surface area (Å²) in [5.41, 5.74) is 9.33. The van der Waals surface area contributed by atoms with Gasteiger partial charge in [0.25, 0.3) is 0 Å². The van der Waals surface area contributed by atoms with E-state index in [1.54, 1.807) is 16.0 Å². The third kappa shape index (κ3) is 4.87. The highest BCUT2D eigenvalue weighted by Crippen LogP contribution is 2.34. The average molecular weight is 418 g/mol. The molecule has 0 saturated heterocycles. The molecular weight excluding hydrogens is 386 g/mol. The van der Waals surface area contributed by atoms with Crippen molar-refractivity contribution in [2.45, 2.75) is 71.5 Å². The molecule has 29 heavy (non-hydrogen) atoms. The molecule has 0 aromatic carbocycles. The number of fused-ring (bicyclic) bond motifs is 1. The first-order valence-electron chi connectivity index (χ1n) is 10.1. The van der Waals surface area contributed by atoms with E-state index < -0.39 is 5.91 Å². The van der Waals surface area contributed by atoms with Crippen LogP contribution in [0, 0.1) is 0 Å². The van der Waals surface area contributed by atoms with E-state index in [0.717, 1.165) is 47.4 Å². The van der Waals surface area contributed by atoms with Gasteiger partial charge >= 0.3 is 0 Å². The number of aromatic nitrogens is 2. The summed E-state index contributed by atoms with van der Waals surface area (Å²) >= 11 is 1.61. The van der Waals surface area contributed by atoms with Crippen molar-refractivity contribution in [1.29, 1.82) is 0 Å². The molecule has 158 valence electrons. The topological polar surface area (TPSA) is 102 Å². The van der Waals surface area contributed by atoms with Crippen LogP contribution in [0.5, 0.6) is 0 Å². The lowest BCUT2D eigenvalue weighted by Crippen LogP contribution is -2.28.